The summed E-state index contributed by atoms with van der Waals surface area (Å²) in [6.07, 6.45) is 0. The molecule has 2 aliphatic rings. The summed E-state index contributed by atoms with van der Waals surface area (Å²) in [5, 5.41) is 10.9. The molecule has 2 fully saturated rings. The number of nitrogens with one attached hydrogen (secondary N) is 1. The molecule has 0 bridgehead atoms. The van der Waals surface area contributed by atoms with Crippen LogP contribution in [0.1, 0.15) is 28.4 Å². The highest BCUT2D eigenvalue weighted by Crippen LogP contribution is 2.23. The van der Waals surface area contributed by atoms with Gasteiger partial charge < -0.3 is 19.6 Å². The second-order valence-corrected chi connectivity index (χ2v) is 11.7. The Balaban J connectivity index is 1.25. The molecule has 0 saturated carbocycles. The van der Waals surface area contributed by atoms with Crippen molar-refractivity contribution in [1.29, 1.82) is 0 Å². The summed E-state index contributed by atoms with van der Waals surface area (Å²) >= 11 is 0. The van der Waals surface area contributed by atoms with Gasteiger partial charge >= 0.3 is 5.97 Å². The maximum Gasteiger partial charge on any atom is 0.321 e. The molecule has 3 aromatic carbocycles. The number of aliphatic carboxylic acids is 1. The molecule has 0 radical (unpaired) electrons. The minimum absolute atomic E-state index is 0.00381. The average Bonchev–Trinajstić information content (AvgIpc) is 3.00. The summed E-state index contributed by atoms with van der Waals surface area (Å²) in [4.78, 5) is 28.1. The minimum Gasteiger partial charge on any atom is -0.480 e. The molecule has 2 heterocycles. The molecule has 3 aromatic rings. The van der Waals surface area contributed by atoms with Crippen molar-refractivity contribution in [2.24, 2.45) is 0 Å². The number of carbonyl (C=O) groups is 2. The van der Waals surface area contributed by atoms with Gasteiger partial charge in [-0.2, -0.15) is 17.4 Å². The third-order valence-electron chi connectivity index (χ3n) is 7.27. The van der Waals surface area contributed by atoms with E-state index in [2.05, 4.69) is 21.5 Å². The molecule has 41 heavy (non-hydrogen) atoms. The van der Waals surface area contributed by atoms with Gasteiger partial charge in [-0.05, 0) is 60.2 Å². The van der Waals surface area contributed by atoms with E-state index in [-0.39, 0.29) is 19.0 Å². The Kier molecular flexibility index (Phi) is 8.56. The third-order valence-corrected chi connectivity index (χ3v) is 8.97. The number of ether oxygens (including phenoxy) is 1. The van der Waals surface area contributed by atoms with Crippen molar-refractivity contribution in [2.75, 3.05) is 57.4 Å². The summed E-state index contributed by atoms with van der Waals surface area (Å²) < 4.78 is 33.8. The van der Waals surface area contributed by atoms with Gasteiger partial charge in [-0.15, -0.1) is 0 Å². The van der Waals surface area contributed by atoms with Crippen molar-refractivity contribution in [3.63, 3.8) is 0 Å². The first-order valence-electron chi connectivity index (χ1n) is 13.5. The predicted octanol–water partition coefficient (Wildman–Crippen LogP) is 2.14. The first kappa shape index (κ1) is 28.6. The van der Waals surface area contributed by atoms with E-state index in [4.69, 9.17) is 9.84 Å². The van der Waals surface area contributed by atoms with Crippen molar-refractivity contribution in [3.05, 3.63) is 77.4 Å². The van der Waals surface area contributed by atoms with Gasteiger partial charge in [0.1, 0.15) is 6.04 Å². The largest absolute Gasteiger partial charge is 0.480 e. The van der Waals surface area contributed by atoms with Gasteiger partial charge in [0, 0.05) is 61.6 Å². The van der Waals surface area contributed by atoms with Crippen LogP contribution in [0, 0.1) is 11.8 Å². The third kappa shape index (κ3) is 6.69. The zero-order valence-corrected chi connectivity index (χ0v) is 23.6. The zero-order valence-electron chi connectivity index (χ0n) is 22.7. The molecule has 2 N–H and O–H groups in total. The summed E-state index contributed by atoms with van der Waals surface area (Å²) in [5.41, 5.74) is 3.26. The molecule has 10 nitrogen and oxygen atoms in total. The van der Waals surface area contributed by atoms with Gasteiger partial charge in [-0.25, -0.2) is 0 Å². The molecule has 2 saturated heterocycles. The lowest BCUT2D eigenvalue weighted by atomic mass is 10.0. The summed E-state index contributed by atoms with van der Waals surface area (Å²) in [5.74, 6) is 5.19. The number of rotatable bonds is 6. The van der Waals surface area contributed by atoms with E-state index in [0.717, 1.165) is 27.6 Å². The highest BCUT2D eigenvalue weighted by molar-refractivity contribution is 7.87. The van der Waals surface area contributed by atoms with Crippen molar-refractivity contribution < 1.29 is 27.9 Å². The molecule has 0 aromatic heterocycles. The summed E-state index contributed by atoms with van der Waals surface area (Å²) in [6, 6.07) is 18.2. The molecule has 2 aliphatic heterocycles. The molecule has 11 heteroatoms. The van der Waals surface area contributed by atoms with Crippen LogP contribution in [0.4, 0.5) is 5.69 Å². The lowest BCUT2D eigenvalue weighted by Crippen LogP contribution is -2.54. The number of carboxylic acid groups (broad SMARTS) is 1. The summed E-state index contributed by atoms with van der Waals surface area (Å²) in [6.45, 7) is 5.04. The fraction of sp³-hybridized carbons (Fsp3) is 0.333. The van der Waals surface area contributed by atoms with E-state index in [9.17, 15) is 18.0 Å². The molecule has 0 aliphatic carbocycles. The van der Waals surface area contributed by atoms with Crippen LogP contribution in [-0.2, 0) is 19.7 Å². The number of hydrogen-bond acceptors (Lipinski definition) is 6. The van der Waals surface area contributed by atoms with Crippen molar-refractivity contribution in [1.82, 2.24) is 13.9 Å². The van der Waals surface area contributed by atoms with Crippen LogP contribution in [-0.4, -0.2) is 93.1 Å². The molecule has 0 spiro atoms. The van der Waals surface area contributed by atoms with Crippen molar-refractivity contribution in [3.8, 4) is 11.8 Å². The normalized spacial score (nSPS) is 17.1. The number of carboxylic acids is 1. The molecule has 1 atom stereocenters. The molecule has 1 amide bonds. The van der Waals surface area contributed by atoms with Gasteiger partial charge in [0.05, 0.1) is 13.2 Å². The van der Waals surface area contributed by atoms with Crippen LogP contribution >= 0.6 is 0 Å². The Hall–Kier alpha value is -3.95. The lowest BCUT2D eigenvalue weighted by molar-refractivity contribution is -0.138. The highest BCUT2D eigenvalue weighted by Gasteiger charge is 2.29. The standard InChI is InChI=1S/C30H32N4O6S/c1-22(30(36)37)31-41(38,39)34-15-13-32(14-16-34)26-11-8-23(9-12-26)5-6-24-7-10-25-3-2-4-27(28(25)21-24)29(35)33-17-19-40-20-18-33/h2-4,7-12,21-22,31H,13-20H2,1H3,(H,36,37)/t22-/m1/s1. The average molecular weight is 577 g/mol. The Morgan fingerprint density at radius 3 is 2.24 bits per heavy atom. The second kappa shape index (κ2) is 12.3. The zero-order chi connectivity index (χ0) is 29.0. The molecule has 214 valence electrons. The maximum atomic E-state index is 13.2. The number of anilines is 1. The Bertz CT molecular complexity index is 1600. The van der Waals surface area contributed by atoms with Crippen LogP contribution in [0.5, 0.6) is 0 Å². The maximum absolute atomic E-state index is 13.2. The van der Waals surface area contributed by atoms with E-state index in [1.54, 1.807) is 0 Å². The van der Waals surface area contributed by atoms with Crippen LogP contribution in [0.2, 0.25) is 0 Å². The Morgan fingerprint density at radius 1 is 0.902 bits per heavy atom. The van der Waals surface area contributed by atoms with E-state index in [0.29, 0.717) is 45.0 Å². The Labute approximate surface area is 239 Å². The smallest absolute Gasteiger partial charge is 0.321 e. The lowest BCUT2D eigenvalue weighted by Gasteiger charge is -2.35. The van der Waals surface area contributed by atoms with E-state index in [1.807, 2.05) is 65.6 Å². The molecular formula is C30H32N4O6S. The quantitative estimate of drug-likeness (QED) is 0.432. The van der Waals surface area contributed by atoms with E-state index in [1.165, 1.54) is 11.2 Å². The number of hydrogen-bond donors (Lipinski definition) is 2. The van der Waals surface area contributed by atoms with Crippen LogP contribution in [0.3, 0.4) is 0 Å². The highest BCUT2D eigenvalue weighted by atomic mass is 32.2. The minimum atomic E-state index is -3.87. The first-order valence-corrected chi connectivity index (χ1v) is 14.9. The van der Waals surface area contributed by atoms with E-state index < -0.39 is 22.2 Å². The second-order valence-electron chi connectivity index (χ2n) is 10.0. The van der Waals surface area contributed by atoms with Crippen LogP contribution < -0.4 is 9.62 Å². The topological polar surface area (TPSA) is 119 Å². The van der Waals surface area contributed by atoms with Gasteiger partial charge in [-0.3, -0.25) is 9.59 Å². The van der Waals surface area contributed by atoms with Crippen molar-refractivity contribution >= 4 is 38.5 Å². The number of carbonyl (C=O) groups excluding carboxylic acids is 1. The van der Waals surface area contributed by atoms with Gasteiger partial charge in [0.2, 0.25) is 0 Å². The van der Waals surface area contributed by atoms with Gasteiger partial charge in [0.25, 0.3) is 16.1 Å². The molecule has 5 rings (SSSR count). The van der Waals surface area contributed by atoms with E-state index >= 15 is 0 Å². The number of morpholine rings is 1. The molecular weight excluding hydrogens is 544 g/mol. The number of amides is 1. The number of benzene rings is 3. The van der Waals surface area contributed by atoms with Gasteiger partial charge in [0.15, 0.2) is 0 Å². The van der Waals surface area contributed by atoms with Crippen LogP contribution in [0.25, 0.3) is 10.8 Å². The fourth-order valence-electron chi connectivity index (χ4n) is 4.91. The fourth-order valence-corrected chi connectivity index (χ4v) is 6.25. The number of nitrogens with zero attached hydrogens (tertiary/aromatic N) is 3. The summed E-state index contributed by atoms with van der Waals surface area (Å²) in [7, 11) is -3.87. The SMILES string of the molecule is C[C@@H](NS(=O)(=O)N1CCN(c2ccc(C#Cc3ccc4cccc(C(=O)N5CCOCC5)c4c3)cc2)CC1)C(=O)O. The first-order chi connectivity index (χ1) is 19.7. The number of fused-ring (bicyclic) bond motifs is 1. The predicted molar refractivity (Wildman–Crippen MR) is 156 cm³/mol. The number of piperazine rings is 1. The van der Waals surface area contributed by atoms with Crippen LogP contribution in [0.15, 0.2) is 60.7 Å². The van der Waals surface area contributed by atoms with Crippen molar-refractivity contribution in [2.45, 2.75) is 13.0 Å². The van der Waals surface area contributed by atoms with Gasteiger partial charge in [-0.1, -0.05) is 30.0 Å². The Morgan fingerprint density at radius 2 is 1.56 bits per heavy atom. The monoisotopic (exact) mass is 576 g/mol. The molecule has 0 unspecified atom stereocenters.